The SMILES string of the molecule is Cc1cc(C(N)=S)ccc1Br. The van der Waals surface area contributed by atoms with Gasteiger partial charge in [-0.25, -0.2) is 0 Å². The van der Waals surface area contributed by atoms with Gasteiger partial charge in [0.2, 0.25) is 0 Å². The van der Waals surface area contributed by atoms with Gasteiger partial charge in [-0.15, -0.1) is 0 Å². The first-order valence-corrected chi connectivity index (χ1v) is 4.37. The summed E-state index contributed by atoms with van der Waals surface area (Å²) in [6, 6.07) is 5.82. The molecule has 0 aliphatic carbocycles. The van der Waals surface area contributed by atoms with Crippen molar-refractivity contribution in [2.75, 3.05) is 0 Å². The van der Waals surface area contributed by atoms with E-state index >= 15 is 0 Å². The molecule has 0 heterocycles. The van der Waals surface area contributed by atoms with Crippen molar-refractivity contribution < 1.29 is 0 Å². The fourth-order valence-corrected chi connectivity index (χ4v) is 1.17. The highest BCUT2D eigenvalue weighted by Crippen LogP contribution is 2.16. The molecule has 0 aromatic heterocycles. The molecular weight excluding hydrogens is 222 g/mol. The number of hydrogen-bond acceptors (Lipinski definition) is 1. The predicted octanol–water partition coefficient (Wildman–Crippen LogP) is 2.39. The van der Waals surface area contributed by atoms with Crippen molar-refractivity contribution in [2.45, 2.75) is 6.92 Å². The monoisotopic (exact) mass is 229 g/mol. The fraction of sp³-hybridized carbons (Fsp3) is 0.125. The van der Waals surface area contributed by atoms with Crippen molar-refractivity contribution >= 4 is 33.1 Å². The second-order valence-corrected chi connectivity index (χ2v) is 3.62. The van der Waals surface area contributed by atoms with Crippen LogP contribution in [0.25, 0.3) is 0 Å². The molecule has 0 aliphatic heterocycles. The summed E-state index contributed by atoms with van der Waals surface area (Å²) in [5, 5.41) is 0. The largest absolute Gasteiger partial charge is 0.389 e. The second-order valence-electron chi connectivity index (χ2n) is 2.33. The Labute approximate surface area is 79.7 Å². The van der Waals surface area contributed by atoms with Crippen molar-refractivity contribution in [1.82, 2.24) is 0 Å². The van der Waals surface area contributed by atoms with E-state index in [1.54, 1.807) is 0 Å². The molecule has 0 aliphatic rings. The van der Waals surface area contributed by atoms with Crippen LogP contribution in [0.15, 0.2) is 22.7 Å². The molecule has 0 atom stereocenters. The average Bonchev–Trinajstić information content (AvgIpc) is 1.94. The van der Waals surface area contributed by atoms with E-state index in [9.17, 15) is 0 Å². The second kappa shape index (κ2) is 3.32. The molecule has 1 nitrogen and oxygen atoms in total. The van der Waals surface area contributed by atoms with E-state index < -0.39 is 0 Å². The molecule has 0 saturated carbocycles. The summed E-state index contributed by atoms with van der Waals surface area (Å²) < 4.78 is 1.08. The molecule has 1 rings (SSSR count). The van der Waals surface area contributed by atoms with Crippen LogP contribution in [0, 0.1) is 6.92 Å². The molecule has 0 spiro atoms. The maximum Gasteiger partial charge on any atom is 0.103 e. The van der Waals surface area contributed by atoms with Crippen molar-refractivity contribution in [3.63, 3.8) is 0 Å². The van der Waals surface area contributed by atoms with Crippen LogP contribution in [0.4, 0.5) is 0 Å². The molecular formula is C8H8BrNS. The topological polar surface area (TPSA) is 26.0 Å². The number of rotatable bonds is 1. The quantitative estimate of drug-likeness (QED) is 0.749. The van der Waals surface area contributed by atoms with Crippen LogP contribution in [-0.2, 0) is 0 Å². The molecule has 1 aromatic rings. The van der Waals surface area contributed by atoms with Gasteiger partial charge in [-0.1, -0.05) is 34.2 Å². The summed E-state index contributed by atoms with van der Waals surface area (Å²) in [5.74, 6) is 0. The van der Waals surface area contributed by atoms with Gasteiger partial charge in [0.15, 0.2) is 0 Å². The molecule has 0 fully saturated rings. The van der Waals surface area contributed by atoms with E-state index in [4.69, 9.17) is 18.0 Å². The van der Waals surface area contributed by atoms with Crippen molar-refractivity contribution in [1.29, 1.82) is 0 Å². The summed E-state index contributed by atoms with van der Waals surface area (Å²) in [7, 11) is 0. The van der Waals surface area contributed by atoms with Crippen molar-refractivity contribution in [3.05, 3.63) is 33.8 Å². The Morgan fingerprint density at radius 3 is 2.64 bits per heavy atom. The Balaban J connectivity index is 3.15. The average molecular weight is 230 g/mol. The van der Waals surface area contributed by atoms with Gasteiger partial charge in [0, 0.05) is 10.0 Å². The minimum Gasteiger partial charge on any atom is -0.389 e. The van der Waals surface area contributed by atoms with Gasteiger partial charge in [-0.3, -0.25) is 0 Å². The zero-order valence-electron chi connectivity index (χ0n) is 6.10. The lowest BCUT2D eigenvalue weighted by atomic mass is 10.1. The summed E-state index contributed by atoms with van der Waals surface area (Å²) in [4.78, 5) is 0.445. The maximum atomic E-state index is 5.45. The van der Waals surface area contributed by atoms with Crippen molar-refractivity contribution in [3.8, 4) is 0 Å². The Bertz CT molecular complexity index is 296. The van der Waals surface area contributed by atoms with Gasteiger partial charge in [0.05, 0.1) is 0 Å². The maximum absolute atomic E-state index is 5.45. The molecule has 0 saturated heterocycles. The molecule has 0 unspecified atom stereocenters. The van der Waals surface area contributed by atoms with Gasteiger partial charge >= 0.3 is 0 Å². The van der Waals surface area contributed by atoms with E-state index in [-0.39, 0.29) is 0 Å². The Morgan fingerprint density at radius 1 is 1.55 bits per heavy atom. The zero-order chi connectivity index (χ0) is 8.43. The van der Waals surface area contributed by atoms with E-state index in [2.05, 4.69) is 15.9 Å². The third kappa shape index (κ3) is 2.01. The lowest BCUT2D eigenvalue weighted by molar-refractivity contribution is 1.42. The van der Waals surface area contributed by atoms with Gasteiger partial charge in [-0.2, -0.15) is 0 Å². The van der Waals surface area contributed by atoms with Crippen LogP contribution in [0.5, 0.6) is 0 Å². The molecule has 58 valence electrons. The normalized spacial score (nSPS) is 9.64. The molecule has 11 heavy (non-hydrogen) atoms. The summed E-state index contributed by atoms with van der Waals surface area (Å²) >= 11 is 8.22. The van der Waals surface area contributed by atoms with Gasteiger partial charge in [-0.05, 0) is 24.6 Å². The van der Waals surface area contributed by atoms with Crippen LogP contribution < -0.4 is 5.73 Å². The highest BCUT2D eigenvalue weighted by atomic mass is 79.9. The van der Waals surface area contributed by atoms with Gasteiger partial charge in [0.25, 0.3) is 0 Å². The van der Waals surface area contributed by atoms with Crippen LogP contribution >= 0.6 is 28.1 Å². The Morgan fingerprint density at radius 2 is 2.18 bits per heavy atom. The molecule has 0 amide bonds. The fourth-order valence-electron chi connectivity index (χ4n) is 0.798. The number of halogens is 1. The van der Waals surface area contributed by atoms with E-state index in [0.29, 0.717) is 4.99 Å². The lowest BCUT2D eigenvalue weighted by Gasteiger charge is -2.00. The number of benzene rings is 1. The third-order valence-corrected chi connectivity index (χ3v) is 2.57. The molecule has 0 bridgehead atoms. The van der Waals surface area contributed by atoms with Crippen LogP contribution in [-0.4, -0.2) is 4.99 Å². The molecule has 1 aromatic carbocycles. The number of aryl methyl sites for hydroxylation is 1. The molecule has 0 radical (unpaired) electrons. The van der Waals surface area contributed by atoms with Crippen LogP contribution in [0.1, 0.15) is 11.1 Å². The summed E-state index contributed by atoms with van der Waals surface area (Å²) in [5.41, 5.74) is 7.51. The highest BCUT2D eigenvalue weighted by Gasteiger charge is 1.98. The first-order valence-electron chi connectivity index (χ1n) is 3.17. The zero-order valence-corrected chi connectivity index (χ0v) is 8.50. The van der Waals surface area contributed by atoms with E-state index in [1.807, 2.05) is 25.1 Å². The Kier molecular flexibility index (Phi) is 2.62. The minimum absolute atomic E-state index is 0.445. The first kappa shape index (κ1) is 8.68. The number of nitrogens with two attached hydrogens (primary N) is 1. The van der Waals surface area contributed by atoms with Gasteiger partial charge in [0.1, 0.15) is 4.99 Å². The molecule has 3 heteroatoms. The minimum atomic E-state index is 0.445. The highest BCUT2D eigenvalue weighted by molar-refractivity contribution is 9.10. The van der Waals surface area contributed by atoms with Crippen LogP contribution in [0.2, 0.25) is 0 Å². The number of hydrogen-bond donors (Lipinski definition) is 1. The number of thiocarbonyl (C=S) groups is 1. The summed E-state index contributed by atoms with van der Waals surface area (Å²) in [6.45, 7) is 2.01. The standard InChI is InChI=1S/C8H8BrNS/c1-5-4-6(8(10)11)2-3-7(5)9/h2-4H,1H3,(H2,10,11). The first-order chi connectivity index (χ1) is 5.11. The third-order valence-electron chi connectivity index (χ3n) is 1.44. The predicted molar refractivity (Wildman–Crippen MR) is 54.8 cm³/mol. The van der Waals surface area contributed by atoms with E-state index in [1.165, 1.54) is 0 Å². The summed E-state index contributed by atoms with van der Waals surface area (Å²) in [6.07, 6.45) is 0. The van der Waals surface area contributed by atoms with E-state index in [0.717, 1.165) is 15.6 Å². The smallest absolute Gasteiger partial charge is 0.103 e. The molecule has 2 N–H and O–H groups in total. The van der Waals surface area contributed by atoms with Crippen LogP contribution in [0.3, 0.4) is 0 Å². The lowest BCUT2D eigenvalue weighted by Crippen LogP contribution is -2.09. The Hall–Kier alpha value is -0.410. The van der Waals surface area contributed by atoms with Crippen molar-refractivity contribution in [2.24, 2.45) is 5.73 Å². The van der Waals surface area contributed by atoms with Gasteiger partial charge < -0.3 is 5.73 Å².